The maximum Gasteiger partial charge on any atom is 0.131 e. The Kier molecular flexibility index (Phi) is 4.68. The first kappa shape index (κ1) is 12.9. The zero-order valence-electron chi connectivity index (χ0n) is 10.9. The van der Waals surface area contributed by atoms with Crippen LogP contribution in [0.15, 0.2) is 6.20 Å². The summed E-state index contributed by atoms with van der Waals surface area (Å²) in [5.74, 6) is 1.29. The van der Waals surface area contributed by atoms with Crippen LogP contribution in [0.5, 0.6) is 0 Å². The molecule has 1 N–H and O–H groups in total. The van der Waals surface area contributed by atoms with Gasteiger partial charge in [-0.3, -0.25) is 0 Å². The molecular formula is C12H22N4. The summed E-state index contributed by atoms with van der Waals surface area (Å²) >= 11 is 0. The van der Waals surface area contributed by atoms with Crippen molar-refractivity contribution in [3.63, 3.8) is 0 Å². The van der Waals surface area contributed by atoms with Crippen LogP contribution in [-0.2, 0) is 6.54 Å². The summed E-state index contributed by atoms with van der Waals surface area (Å²) in [5.41, 5.74) is 2.16. The summed E-state index contributed by atoms with van der Waals surface area (Å²) < 4.78 is 0. The molecule has 0 amide bonds. The van der Waals surface area contributed by atoms with Crippen LogP contribution in [-0.4, -0.2) is 30.6 Å². The molecule has 1 aromatic rings. The molecule has 1 heterocycles. The predicted octanol–water partition coefficient (Wildman–Crippen LogP) is 1.78. The van der Waals surface area contributed by atoms with Crippen molar-refractivity contribution in [2.45, 2.75) is 33.2 Å². The van der Waals surface area contributed by atoms with E-state index in [4.69, 9.17) is 0 Å². The highest BCUT2D eigenvalue weighted by atomic mass is 15.1. The summed E-state index contributed by atoms with van der Waals surface area (Å²) in [5, 5.41) is 3.31. The molecule has 0 saturated carbocycles. The summed E-state index contributed by atoms with van der Waals surface area (Å²) in [6.07, 6.45) is 1.91. The maximum absolute atomic E-state index is 4.62. The fourth-order valence-corrected chi connectivity index (χ4v) is 1.45. The van der Waals surface area contributed by atoms with Gasteiger partial charge in [-0.1, -0.05) is 20.8 Å². The van der Waals surface area contributed by atoms with E-state index in [9.17, 15) is 0 Å². The first-order valence-corrected chi connectivity index (χ1v) is 5.80. The summed E-state index contributed by atoms with van der Waals surface area (Å²) in [4.78, 5) is 11.1. The molecule has 0 saturated heterocycles. The highest BCUT2D eigenvalue weighted by Crippen LogP contribution is 2.18. The summed E-state index contributed by atoms with van der Waals surface area (Å²) in [7, 11) is 4.03. The molecule has 0 spiro atoms. The van der Waals surface area contributed by atoms with Crippen molar-refractivity contribution in [3.8, 4) is 0 Å². The second-order valence-corrected chi connectivity index (χ2v) is 4.39. The van der Waals surface area contributed by atoms with Gasteiger partial charge in [0.05, 0.1) is 17.6 Å². The lowest BCUT2D eigenvalue weighted by Gasteiger charge is -2.17. The van der Waals surface area contributed by atoms with E-state index in [1.165, 1.54) is 0 Å². The first-order chi connectivity index (χ1) is 7.56. The van der Waals surface area contributed by atoms with Gasteiger partial charge < -0.3 is 10.2 Å². The van der Waals surface area contributed by atoms with Gasteiger partial charge in [-0.2, -0.15) is 0 Å². The van der Waals surface area contributed by atoms with E-state index in [0.717, 1.165) is 30.3 Å². The zero-order valence-corrected chi connectivity index (χ0v) is 10.9. The number of hydrogen-bond donors (Lipinski definition) is 1. The van der Waals surface area contributed by atoms with E-state index in [0.29, 0.717) is 5.92 Å². The Balaban J connectivity index is 3.01. The van der Waals surface area contributed by atoms with Gasteiger partial charge in [-0.25, -0.2) is 9.97 Å². The van der Waals surface area contributed by atoms with Crippen LogP contribution in [0.25, 0.3) is 0 Å². The van der Waals surface area contributed by atoms with Crippen molar-refractivity contribution in [2.75, 3.05) is 25.5 Å². The lowest BCUT2D eigenvalue weighted by Crippen LogP contribution is -2.20. The predicted molar refractivity (Wildman–Crippen MR) is 67.8 cm³/mol. The molecule has 0 unspecified atom stereocenters. The van der Waals surface area contributed by atoms with Gasteiger partial charge in [0.1, 0.15) is 5.82 Å². The largest absolute Gasteiger partial charge is 0.375 e. The minimum Gasteiger partial charge on any atom is -0.375 e. The van der Waals surface area contributed by atoms with Crippen LogP contribution in [0.1, 0.15) is 38.2 Å². The lowest BCUT2D eigenvalue weighted by atomic mass is 10.2. The summed E-state index contributed by atoms with van der Waals surface area (Å²) in [6.45, 7) is 8.07. The van der Waals surface area contributed by atoms with Gasteiger partial charge in [0.25, 0.3) is 0 Å². The lowest BCUT2D eigenvalue weighted by molar-refractivity contribution is 0.685. The highest BCUT2D eigenvalue weighted by Gasteiger charge is 2.10. The molecule has 0 aliphatic heterocycles. The smallest absolute Gasteiger partial charge is 0.131 e. The third-order valence-corrected chi connectivity index (χ3v) is 2.40. The molecule has 16 heavy (non-hydrogen) atoms. The van der Waals surface area contributed by atoms with Gasteiger partial charge in [0.15, 0.2) is 0 Å². The molecule has 0 fully saturated rings. The van der Waals surface area contributed by atoms with E-state index >= 15 is 0 Å². The fraction of sp³-hybridized carbons (Fsp3) is 0.667. The highest BCUT2D eigenvalue weighted by molar-refractivity contribution is 5.47. The van der Waals surface area contributed by atoms with Crippen molar-refractivity contribution in [1.29, 1.82) is 0 Å². The monoisotopic (exact) mass is 222 g/mol. The van der Waals surface area contributed by atoms with Crippen LogP contribution in [0.2, 0.25) is 0 Å². The Hall–Kier alpha value is -1.16. The molecule has 1 aromatic heterocycles. The van der Waals surface area contributed by atoms with E-state index in [-0.39, 0.29) is 0 Å². The quantitative estimate of drug-likeness (QED) is 0.824. The van der Waals surface area contributed by atoms with Gasteiger partial charge in [0.2, 0.25) is 0 Å². The number of nitrogens with zero attached hydrogens (tertiary/aromatic N) is 3. The van der Waals surface area contributed by atoms with Crippen LogP contribution < -0.4 is 10.2 Å². The third kappa shape index (κ3) is 3.17. The zero-order chi connectivity index (χ0) is 12.1. The molecule has 0 bridgehead atoms. The molecule has 0 aromatic carbocycles. The normalized spacial score (nSPS) is 10.9. The van der Waals surface area contributed by atoms with Gasteiger partial charge in [-0.15, -0.1) is 0 Å². The SMILES string of the molecule is CCNCc1nc(C(C)C)ncc1N(C)C. The standard InChI is InChI=1S/C12H22N4/c1-6-13-7-10-11(16(4)5)8-14-12(15-10)9(2)3/h8-9,13H,6-7H2,1-5H3. The topological polar surface area (TPSA) is 41.1 Å². The Morgan fingerprint density at radius 3 is 2.56 bits per heavy atom. The molecule has 1 rings (SSSR count). The minimum absolute atomic E-state index is 0.372. The third-order valence-electron chi connectivity index (χ3n) is 2.40. The van der Waals surface area contributed by atoms with Crippen LogP contribution in [0.3, 0.4) is 0 Å². The first-order valence-electron chi connectivity index (χ1n) is 5.80. The minimum atomic E-state index is 0.372. The van der Waals surface area contributed by atoms with Crippen molar-refractivity contribution in [1.82, 2.24) is 15.3 Å². The molecule has 0 aliphatic rings. The number of hydrogen-bond acceptors (Lipinski definition) is 4. The molecule has 0 radical (unpaired) electrons. The number of aromatic nitrogens is 2. The number of rotatable bonds is 5. The Morgan fingerprint density at radius 2 is 2.06 bits per heavy atom. The van der Waals surface area contributed by atoms with E-state index in [2.05, 4.69) is 41.0 Å². The molecule has 0 atom stereocenters. The van der Waals surface area contributed by atoms with Crippen molar-refractivity contribution in [2.24, 2.45) is 0 Å². The molecule has 0 aliphatic carbocycles. The fourth-order valence-electron chi connectivity index (χ4n) is 1.45. The second-order valence-electron chi connectivity index (χ2n) is 4.39. The molecule has 90 valence electrons. The van der Waals surface area contributed by atoms with Crippen LogP contribution in [0.4, 0.5) is 5.69 Å². The Bertz CT molecular complexity index is 334. The number of nitrogens with one attached hydrogen (secondary N) is 1. The van der Waals surface area contributed by atoms with Crippen molar-refractivity contribution < 1.29 is 0 Å². The Labute approximate surface area is 98.1 Å². The van der Waals surface area contributed by atoms with E-state index < -0.39 is 0 Å². The average molecular weight is 222 g/mol. The van der Waals surface area contributed by atoms with Gasteiger partial charge >= 0.3 is 0 Å². The molecule has 4 nitrogen and oxygen atoms in total. The Morgan fingerprint density at radius 1 is 1.38 bits per heavy atom. The average Bonchev–Trinajstić information content (AvgIpc) is 2.25. The van der Waals surface area contributed by atoms with E-state index in [1.54, 1.807) is 0 Å². The van der Waals surface area contributed by atoms with Gasteiger partial charge in [0, 0.05) is 26.6 Å². The number of anilines is 1. The maximum atomic E-state index is 4.62. The van der Waals surface area contributed by atoms with Crippen LogP contribution >= 0.6 is 0 Å². The second kappa shape index (κ2) is 5.80. The molecule has 4 heteroatoms. The van der Waals surface area contributed by atoms with Gasteiger partial charge in [-0.05, 0) is 6.54 Å². The molecular weight excluding hydrogens is 200 g/mol. The summed E-state index contributed by atoms with van der Waals surface area (Å²) in [6, 6.07) is 0. The van der Waals surface area contributed by atoms with Crippen molar-refractivity contribution in [3.05, 3.63) is 17.7 Å². The van der Waals surface area contributed by atoms with Crippen LogP contribution in [0, 0.1) is 0 Å². The van der Waals surface area contributed by atoms with Crippen molar-refractivity contribution >= 4 is 5.69 Å². The van der Waals surface area contributed by atoms with E-state index in [1.807, 2.05) is 20.3 Å².